The Kier molecular flexibility index (Phi) is 4.52. The number of ether oxygens (including phenoxy) is 1. The molecule has 2 N–H and O–H groups in total. The van der Waals surface area contributed by atoms with Crippen LogP contribution in [0.3, 0.4) is 0 Å². The molecule has 0 bridgehead atoms. The van der Waals surface area contributed by atoms with Crippen molar-refractivity contribution in [3.63, 3.8) is 0 Å². The summed E-state index contributed by atoms with van der Waals surface area (Å²) in [7, 11) is 1.71. The summed E-state index contributed by atoms with van der Waals surface area (Å²) in [5, 5.41) is 0. The topological polar surface area (TPSA) is 55.6 Å². The molecule has 4 nitrogen and oxygen atoms in total. The van der Waals surface area contributed by atoms with E-state index >= 15 is 0 Å². The van der Waals surface area contributed by atoms with Gasteiger partial charge in [-0.1, -0.05) is 25.1 Å². The molecule has 1 aromatic rings. The van der Waals surface area contributed by atoms with E-state index in [0.29, 0.717) is 12.3 Å². The smallest absolute Gasteiger partial charge is 0.410 e. The van der Waals surface area contributed by atoms with Crippen molar-refractivity contribution >= 4 is 6.09 Å². The van der Waals surface area contributed by atoms with Crippen LogP contribution in [0.2, 0.25) is 0 Å². The first kappa shape index (κ1) is 13.5. The Balaban J connectivity index is 2.71. The van der Waals surface area contributed by atoms with E-state index in [1.54, 1.807) is 24.1 Å². The molecule has 0 heterocycles. The van der Waals surface area contributed by atoms with Gasteiger partial charge in [0.1, 0.15) is 5.75 Å². The number of benzene rings is 1. The molecule has 0 saturated heterocycles. The molecule has 94 valence electrons. The van der Waals surface area contributed by atoms with Crippen molar-refractivity contribution in [2.45, 2.75) is 25.8 Å². The Hall–Kier alpha value is -1.55. The monoisotopic (exact) mass is 236 g/mol. The summed E-state index contributed by atoms with van der Waals surface area (Å²) in [4.78, 5) is 13.5. The molecule has 0 aliphatic rings. The highest BCUT2D eigenvalue weighted by molar-refractivity contribution is 5.71. The quantitative estimate of drug-likeness (QED) is 0.872. The lowest BCUT2D eigenvalue weighted by Crippen LogP contribution is -2.52. The Morgan fingerprint density at radius 3 is 2.47 bits per heavy atom. The number of hydrogen-bond acceptors (Lipinski definition) is 3. The second-order valence-corrected chi connectivity index (χ2v) is 4.29. The van der Waals surface area contributed by atoms with Gasteiger partial charge < -0.3 is 15.4 Å². The highest BCUT2D eigenvalue weighted by Crippen LogP contribution is 2.18. The SMILES string of the molecule is CCC(C)(CN)N(C)C(=O)Oc1ccccc1. The second kappa shape index (κ2) is 5.68. The lowest BCUT2D eigenvalue weighted by molar-refractivity contribution is 0.109. The van der Waals surface area contributed by atoms with Crippen LogP contribution >= 0.6 is 0 Å². The van der Waals surface area contributed by atoms with Crippen LogP contribution in [0.25, 0.3) is 0 Å². The van der Waals surface area contributed by atoms with Gasteiger partial charge >= 0.3 is 6.09 Å². The third-order valence-electron chi connectivity index (χ3n) is 3.23. The molecule has 1 rings (SSSR count). The van der Waals surface area contributed by atoms with E-state index in [1.165, 1.54) is 0 Å². The van der Waals surface area contributed by atoms with Crippen molar-refractivity contribution in [1.82, 2.24) is 4.90 Å². The zero-order valence-electron chi connectivity index (χ0n) is 10.6. The molecule has 4 heteroatoms. The van der Waals surface area contributed by atoms with Crippen molar-refractivity contribution in [2.75, 3.05) is 13.6 Å². The molecule has 0 radical (unpaired) electrons. The van der Waals surface area contributed by atoms with Crippen LogP contribution in [0.1, 0.15) is 20.3 Å². The summed E-state index contributed by atoms with van der Waals surface area (Å²) in [5.41, 5.74) is 5.33. The number of likely N-dealkylation sites (N-methyl/N-ethyl adjacent to an activating group) is 1. The van der Waals surface area contributed by atoms with Gasteiger partial charge in [0.2, 0.25) is 0 Å². The molecule has 1 aromatic carbocycles. The Morgan fingerprint density at radius 2 is 2.00 bits per heavy atom. The highest BCUT2D eigenvalue weighted by atomic mass is 16.6. The van der Waals surface area contributed by atoms with Crippen molar-refractivity contribution in [3.8, 4) is 5.75 Å². The predicted octanol–water partition coefficient (Wildman–Crippen LogP) is 2.24. The van der Waals surface area contributed by atoms with Crippen LogP contribution in [0, 0.1) is 0 Å². The van der Waals surface area contributed by atoms with E-state index in [0.717, 1.165) is 6.42 Å². The summed E-state index contributed by atoms with van der Waals surface area (Å²) in [6.45, 7) is 4.35. The third kappa shape index (κ3) is 3.20. The Morgan fingerprint density at radius 1 is 1.41 bits per heavy atom. The minimum Gasteiger partial charge on any atom is -0.410 e. The summed E-state index contributed by atoms with van der Waals surface area (Å²) in [5.74, 6) is 0.542. The normalized spacial score (nSPS) is 13.9. The van der Waals surface area contributed by atoms with Gasteiger partial charge in [-0.3, -0.25) is 0 Å². The fourth-order valence-electron chi connectivity index (χ4n) is 1.40. The largest absolute Gasteiger partial charge is 0.415 e. The van der Waals surface area contributed by atoms with Crippen molar-refractivity contribution in [2.24, 2.45) is 5.73 Å². The van der Waals surface area contributed by atoms with Gasteiger partial charge in [0.15, 0.2) is 0 Å². The molecule has 17 heavy (non-hydrogen) atoms. The Labute approximate surface area is 102 Å². The fraction of sp³-hybridized carbons (Fsp3) is 0.462. The van der Waals surface area contributed by atoms with Crippen LogP contribution < -0.4 is 10.5 Å². The molecule has 0 aliphatic carbocycles. The van der Waals surface area contributed by atoms with Crippen LogP contribution in [-0.2, 0) is 0 Å². The third-order valence-corrected chi connectivity index (χ3v) is 3.23. The van der Waals surface area contributed by atoms with Crippen LogP contribution in [0.5, 0.6) is 5.75 Å². The molecule has 0 aromatic heterocycles. The maximum atomic E-state index is 11.9. The van der Waals surface area contributed by atoms with Gasteiger partial charge in [0, 0.05) is 13.6 Å². The summed E-state index contributed by atoms with van der Waals surface area (Å²) >= 11 is 0. The lowest BCUT2D eigenvalue weighted by atomic mass is 9.98. The van der Waals surface area contributed by atoms with Crippen LogP contribution in [-0.4, -0.2) is 30.1 Å². The van der Waals surface area contributed by atoms with E-state index in [9.17, 15) is 4.79 Å². The van der Waals surface area contributed by atoms with Crippen LogP contribution in [0.4, 0.5) is 4.79 Å². The van der Waals surface area contributed by atoms with Gasteiger partial charge in [-0.05, 0) is 25.5 Å². The first-order valence-electron chi connectivity index (χ1n) is 5.74. The summed E-state index contributed by atoms with van der Waals surface area (Å²) < 4.78 is 5.26. The van der Waals surface area contributed by atoms with E-state index in [1.807, 2.05) is 32.0 Å². The molecule has 1 unspecified atom stereocenters. The average Bonchev–Trinajstić information content (AvgIpc) is 2.38. The maximum Gasteiger partial charge on any atom is 0.415 e. The molecule has 0 fully saturated rings. The van der Waals surface area contributed by atoms with Gasteiger partial charge in [-0.15, -0.1) is 0 Å². The molecule has 0 saturated carbocycles. The molecular weight excluding hydrogens is 216 g/mol. The summed E-state index contributed by atoms with van der Waals surface area (Å²) in [6.07, 6.45) is 0.398. The standard InChI is InChI=1S/C13H20N2O2/c1-4-13(2,10-14)15(3)12(16)17-11-8-6-5-7-9-11/h5-9H,4,10,14H2,1-3H3. The molecule has 1 amide bonds. The molecule has 0 spiro atoms. The fourth-order valence-corrected chi connectivity index (χ4v) is 1.40. The lowest BCUT2D eigenvalue weighted by Gasteiger charge is -2.36. The number of amides is 1. The number of hydrogen-bond donors (Lipinski definition) is 1. The molecule has 1 atom stereocenters. The zero-order valence-corrected chi connectivity index (χ0v) is 10.6. The van der Waals surface area contributed by atoms with Crippen LogP contribution in [0.15, 0.2) is 30.3 Å². The maximum absolute atomic E-state index is 11.9. The number of para-hydroxylation sites is 1. The first-order valence-corrected chi connectivity index (χ1v) is 5.74. The molecule has 0 aliphatic heterocycles. The van der Waals surface area contributed by atoms with E-state index in [-0.39, 0.29) is 11.6 Å². The van der Waals surface area contributed by atoms with Crippen molar-refractivity contribution in [1.29, 1.82) is 0 Å². The van der Waals surface area contributed by atoms with Crippen molar-refractivity contribution < 1.29 is 9.53 Å². The number of nitrogens with zero attached hydrogens (tertiary/aromatic N) is 1. The minimum absolute atomic E-state index is 0.369. The van der Waals surface area contributed by atoms with E-state index in [4.69, 9.17) is 10.5 Å². The van der Waals surface area contributed by atoms with Gasteiger partial charge in [-0.2, -0.15) is 0 Å². The Bertz CT molecular complexity index is 361. The first-order chi connectivity index (χ1) is 8.03. The predicted molar refractivity (Wildman–Crippen MR) is 68.0 cm³/mol. The van der Waals surface area contributed by atoms with Gasteiger partial charge in [0.05, 0.1) is 5.54 Å². The summed E-state index contributed by atoms with van der Waals surface area (Å²) in [6, 6.07) is 9.02. The number of carbonyl (C=O) groups is 1. The number of rotatable bonds is 4. The highest BCUT2D eigenvalue weighted by Gasteiger charge is 2.30. The van der Waals surface area contributed by atoms with Gasteiger partial charge in [0.25, 0.3) is 0 Å². The second-order valence-electron chi connectivity index (χ2n) is 4.29. The van der Waals surface area contributed by atoms with E-state index < -0.39 is 0 Å². The number of carbonyl (C=O) groups excluding carboxylic acids is 1. The van der Waals surface area contributed by atoms with Crippen molar-refractivity contribution in [3.05, 3.63) is 30.3 Å². The van der Waals surface area contributed by atoms with Gasteiger partial charge in [-0.25, -0.2) is 4.79 Å². The average molecular weight is 236 g/mol. The number of nitrogens with two attached hydrogens (primary N) is 1. The minimum atomic E-state index is -0.383. The van der Waals surface area contributed by atoms with E-state index in [2.05, 4.69) is 0 Å². The molecular formula is C13H20N2O2. The zero-order chi connectivity index (χ0) is 12.9.